The van der Waals surface area contributed by atoms with Gasteiger partial charge >= 0.3 is 0 Å². The Hall–Kier alpha value is -2.22. The van der Waals surface area contributed by atoms with Gasteiger partial charge in [-0.1, -0.05) is 0 Å². The summed E-state index contributed by atoms with van der Waals surface area (Å²) in [7, 11) is 0. The number of aliphatic hydroxyl groups excluding tert-OH is 18. The number of nitrogens with one attached hydrogen (secondary N) is 2. The van der Waals surface area contributed by atoms with Crippen molar-refractivity contribution in [3.8, 4) is 0 Å². The third-order valence-electron chi connectivity index (χ3n) is 13.2. The fraction of sp³-hybridized carbons (Fsp3) is 0.950. The van der Waals surface area contributed by atoms with E-state index in [1.807, 2.05) is 0 Å². The predicted molar refractivity (Wildman–Crippen MR) is 222 cm³/mol. The molecular formula is C40H68N2O31. The first kappa shape index (κ1) is 60.0. The number of rotatable bonds is 18. The Balaban J connectivity index is 1.31. The molecule has 0 saturated carbocycles. The van der Waals surface area contributed by atoms with Crippen LogP contribution >= 0.6 is 0 Å². The molecule has 6 heterocycles. The summed E-state index contributed by atoms with van der Waals surface area (Å²) in [5, 5.41) is 197. The van der Waals surface area contributed by atoms with E-state index in [1.165, 1.54) is 0 Å². The highest BCUT2D eigenvalue weighted by atomic mass is 16.8. The van der Waals surface area contributed by atoms with Crippen molar-refractivity contribution in [2.75, 3.05) is 39.6 Å². The van der Waals surface area contributed by atoms with E-state index >= 15 is 0 Å². The van der Waals surface area contributed by atoms with E-state index in [1.54, 1.807) is 0 Å². The number of ether oxygens (including phenoxy) is 11. The van der Waals surface area contributed by atoms with Crippen LogP contribution in [0.3, 0.4) is 0 Å². The molecule has 0 aliphatic carbocycles. The van der Waals surface area contributed by atoms with Crippen molar-refractivity contribution in [1.29, 1.82) is 0 Å². The van der Waals surface area contributed by atoms with Gasteiger partial charge in [-0.15, -0.1) is 0 Å². The van der Waals surface area contributed by atoms with Gasteiger partial charge in [-0.25, -0.2) is 0 Å². The molecule has 30 atom stereocenters. The molecule has 0 radical (unpaired) electrons. The van der Waals surface area contributed by atoms with Crippen LogP contribution < -0.4 is 10.6 Å². The van der Waals surface area contributed by atoms with Crippen LogP contribution in [-0.2, 0) is 61.7 Å². The van der Waals surface area contributed by atoms with Crippen LogP contribution in [0.25, 0.3) is 0 Å². The van der Waals surface area contributed by atoms with Gasteiger partial charge in [0.1, 0.15) is 146 Å². The molecule has 73 heavy (non-hydrogen) atoms. The van der Waals surface area contributed by atoms with Gasteiger partial charge in [-0.05, 0) is 0 Å². The first-order valence-corrected chi connectivity index (χ1v) is 23.1. The number of hydrogen-bond donors (Lipinski definition) is 20. The van der Waals surface area contributed by atoms with Crippen LogP contribution in [0.1, 0.15) is 13.8 Å². The monoisotopic (exact) mass is 1070 g/mol. The Bertz CT molecular complexity index is 1750. The highest BCUT2D eigenvalue weighted by molar-refractivity contribution is 5.73. The predicted octanol–water partition coefficient (Wildman–Crippen LogP) is -13.8. The van der Waals surface area contributed by atoms with Crippen molar-refractivity contribution < 1.29 is 154 Å². The molecule has 20 N–H and O–H groups in total. The second-order valence-electron chi connectivity index (χ2n) is 18.3. The summed E-state index contributed by atoms with van der Waals surface area (Å²) < 4.78 is 62.9. The van der Waals surface area contributed by atoms with E-state index in [0.717, 1.165) is 13.8 Å². The molecule has 6 aliphatic rings. The lowest BCUT2D eigenvalue weighted by molar-refractivity contribution is -0.398. The lowest BCUT2D eigenvalue weighted by Crippen LogP contribution is -2.70. The lowest BCUT2D eigenvalue weighted by Gasteiger charge is -2.50. The fourth-order valence-electron chi connectivity index (χ4n) is 9.20. The third kappa shape index (κ3) is 13.0. The van der Waals surface area contributed by atoms with Crippen molar-refractivity contribution in [1.82, 2.24) is 10.6 Å². The summed E-state index contributed by atoms with van der Waals surface area (Å²) in [5.41, 5.74) is 0. The molecule has 0 bridgehead atoms. The second kappa shape index (κ2) is 26.0. The Morgan fingerprint density at radius 2 is 0.740 bits per heavy atom. The molecule has 0 aromatic carbocycles. The second-order valence-corrected chi connectivity index (χ2v) is 18.3. The van der Waals surface area contributed by atoms with Gasteiger partial charge in [0, 0.05) is 13.8 Å². The number of hydrogen-bond acceptors (Lipinski definition) is 31. The fourth-order valence-corrected chi connectivity index (χ4v) is 9.20. The zero-order valence-electron chi connectivity index (χ0n) is 38.9. The highest BCUT2D eigenvalue weighted by Crippen LogP contribution is 2.37. The van der Waals surface area contributed by atoms with Gasteiger partial charge in [0.2, 0.25) is 11.8 Å². The first-order chi connectivity index (χ1) is 34.5. The lowest BCUT2D eigenvalue weighted by atomic mass is 9.94. The molecule has 424 valence electrons. The average molecular weight is 1070 g/mol. The normalized spacial score (nSPS) is 49.8. The van der Waals surface area contributed by atoms with Crippen molar-refractivity contribution in [2.45, 2.75) is 198 Å². The van der Waals surface area contributed by atoms with E-state index in [2.05, 4.69) is 10.6 Å². The SMILES string of the molecule is CC(=O)N[C@@H]1[C@@H](O)[C@H](O[C@@H]2O[C@H](CO)[C@@H](O[C@H]3O[C@H](CO[C@H]4O[C@H](CO)[C@@H](O)[C@H](O)[C@@H]4O)[C@@H](O)[C@H](O[C@H]4O[C@H](CO)[C@@H](O)[C@H](O)[C@@H]4O[C@H]4O[C@H](CO)[C@@H](O)[C@H](O)[C@@H]4O)[C@@H]3O)[C@H](O)[C@H]2NC(C)=O)[C@@H](CO)O[C@H]1O. The number of carbonyl (C=O) groups excluding carboxylic acids is 2. The molecule has 6 rings (SSSR count). The molecule has 0 aromatic heterocycles. The number of amides is 2. The smallest absolute Gasteiger partial charge is 0.217 e. The van der Waals surface area contributed by atoms with E-state index < -0.39 is 236 Å². The van der Waals surface area contributed by atoms with Crippen LogP contribution in [-0.4, -0.2) is 327 Å². The Labute approximate surface area is 413 Å². The van der Waals surface area contributed by atoms with Gasteiger partial charge in [-0.3, -0.25) is 9.59 Å². The molecule has 2 amide bonds. The van der Waals surface area contributed by atoms with Crippen LogP contribution in [0.2, 0.25) is 0 Å². The van der Waals surface area contributed by atoms with E-state index in [0.29, 0.717) is 0 Å². The third-order valence-corrected chi connectivity index (χ3v) is 13.2. The van der Waals surface area contributed by atoms with Crippen LogP contribution in [0.5, 0.6) is 0 Å². The van der Waals surface area contributed by atoms with Gasteiger partial charge in [-0.2, -0.15) is 0 Å². The minimum atomic E-state index is -2.33. The van der Waals surface area contributed by atoms with E-state index in [-0.39, 0.29) is 0 Å². The molecular weight excluding hydrogens is 1000 g/mol. The van der Waals surface area contributed by atoms with Crippen molar-refractivity contribution >= 4 is 11.8 Å². The zero-order chi connectivity index (χ0) is 53.9. The first-order valence-electron chi connectivity index (χ1n) is 23.1. The molecule has 0 unspecified atom stereocenters. The summed E-state index contributed by atoms with van der Waals surface area (Å²) in [4.78, 5) is 24.5. The summed E-state index contributed by atoms with van der Waals surface area (Å²) in [5.74, 6) is -1.56. The van der Waals surface area contributed by atoms with Crippen molar-refractivity contribution in [3.05, 3.63) is 0 Å². The molecule has 6 fully saturated rings. The van der Waals surface area contributed by atoms with Crippen molar-refractivity contribution in [3.63, 3.8) is 0 Å². The quantitative estimate of drug-likeness (QED) is 0.0606. The minimum Gasteiger partial charge on any atom is -0.394 e. The van der Waals surface area contributed by atoms with E-state index in [4.69, 9.17) is 52.1 Å². The molecule has 0 spiro atoms. The maximum Gasteiger partial charge on any atom is 0.217 e. The number of aliphatic hydroxyl groups is 18. The topological polar surface area (TPSA) is 524 Å². The van der Waals surface area contributed by atoms with Crippen LogP contribution in [0.15, 0.2) is 0 Å². The van der Waals surface area contributed by atoms with Crippen LogP contribution in [0.4, 0.5) is 0 Å². The summed E-state index contributed by atoms with van der Waals surface area (Å²) in [6.45, 7) is -3.66. The molecule has 0 aromatic rings. The van der Waals surface area contributed by atoms with Gasteiger partial charge < -0.3 is 155 Å². The molecule has 33 nitrogen and oxygen atoms in total. The van der Waals surface area contributed by atoms with Gasteiger partial charge in [0.15, 0.2) is 37.7 Å². The highest BCUT2D eigenvalue weighted by Gasteiger charge is 2.58. The molecule has 6 aliphatic heterocycles. The standard InChI is InChI=1S/C40H68N2O31/c1-9(48)41-17-23(54)31(14(6-46)64-35(17)62)70-36-18(42-10(2)49)24(55)32(15(7-47)68-36)71-39-30(61)33(22(53)16(69-39)8-63-37-28(59)25(56)19(50)11(3-43)65-37)72-40-34(27(58)21(52)13(5-45)67-40)73-38-29(60)26(57)20(51)12(4-44)66-38/h11-40,43-47,50-62H,3-8H2,1-2H3,(H,41,48)(H,42,49)/t11-,12-,13-,14-,15-,16-,17-,18-,19-,20-,21-,22-,23-,24-,25+,26+,27+,28+,29+,30+,31-,32-,33+,34+,35-,36+,37+,38-,39-,40-/m1/s1. The van der Waals surface area contributed by atoms with Crippen LogP contribution in [0, 0.1) is 0 Å². The van der Waals surface area contributed by atoms with E-state index in [9.17, 15) is 102 Å². The van der Waals surface area contributed by atoms with Gasteiger partial charge in [0.25, 0.3) is 0 Å². The maximum atomic E-state index is 12.6. The zero-order valence-corrected chi connectivity index (χ0v) is 38.9. The molecule has 33 heteroatoms. The van der Waals surface area contributed by atoms with Crippen molar-refractivity contribution in [2.24, 2.45) is 0 Å². The Kier molecular flexibility index (Phi) is 21.3. The minimum absolute atomic E-state index is 0.720. The molecule has 6 saturated heterocycles. The maximum absolute atomic E-state index is 12.6. The summed E-state index contributed by atoms with van der Waals surface area (Å²) in [6.07, 6.45) is -54.2. The number of carbonyl (C=O) groups is 2. The largest absolute Gasteiger partial charge is 0.394 e. The summed E-state index contributed by atoms with van der Waals surface area (Å²) >= 11 is 0. The average Bonchev–Trinajstić information content (AvgIpc) is 3.35. The Morgan fingerprint density at radius 3 is 1.27 bits per heavy atom. The summed E-state index contributed by atoms with van der Waals surface area (Å²) in [6, 6.07) is -3.31. The Morgan fingerprint density at radius 1 is 0.356 bits per heavy atom. The van der Waals surface area contributed by atoms with Gasteiger partial charge in [0.05, 0.1) is 39.6 Å².